The first-order valence-corrected chi connectivity index (χ1v) is 7.94. The van der Waals surface area contributed by atoms with Crippen molar-refractivity contribution in [3.8, 4) is 0 Å². The summed E-state index contributed by atoms with van der Waals surface area (Å²) < 4.78 is 0. The van der Waals surface area contributed by atoms with E-state index >= 15 is 0 Å². The first kappa shape index (κ1) is 15.3. The van der Waals surface area contributed by atoms with E-state index < -0.39 is 5.54 Å². The van der Waals surface area contributed by atoms with Crippen molar-refractivity contribution in [1.82, 2.24) is 0 Å². The van der Waals surface area contributed by atoms with Crippen LogP contribution in [0.4, 0.5) is 16.2 Å². The van der Waals surface area contributed by atoms with Crippen LogP contribution in [-0.4, -0.2) is 17.5 Å². The molecule has 3 rings (SSSR count). The van der Waals surface area contributed by atoms with Crippen molar-refractivity contribution in [2.75, 3.05) is 9.80 Å². The van der Waals surface area contributed by atoms with Crippen LogP contribution in [0, 0.1) is 0 Å². The number of nitrogens with zero attached hydrogens (tertiary/aromatic N) is 2. The normalized spacial score (nSPS) is 17.0. The summed E-state index contributed by atoms with van der Waals surface area (Å²) in [7, 11) is 0. The number of urea groups is 1. The molecule has 1 saturated heterocycles. The maximum absolute atomic E-state index is 13.1. The average molecular weight is 308 g/mol. The van der Waals surface area contributed by atoms with Gasteiger partial charge < -0.3 is 0 Å². The van der Waals surface area contributed by atoms with Crippen molar-refractivity contribution in [3.05, 3.63) is 60.7 Å². The summed E-state index contributed by atoms with van der Waals surface area (Å²) in [5.41, 5.74) is 0.550. The fourth-order valence-corrected chi connectivity index (χ4v) is 3.28. The molecule has 4 heteroatoms. The molecule has 118 valence electrons. The van der Waals surface area contributed by atoms with Gasteiger partial charge >= 0.3 is 6.03 Å². The fourth-order valence-electron chi connectivity index (χ4n) is 3.28. The van der Waals surface area contributed by atoms with Crippen LogP contribution >= 0.6 is 0 Å². The van der Waals surface area contributed by atoms with Crippen LogP contribution in [0.15, 0.2) is 60.7 Å². The Labute approximate surface area is 136 Å². The van der Waals surface area contributed by atoms with Crippen LogP contribution in [0.5, 0.6) is 0 Å². The minimum absolute atomic E-state index is 0.150. The molecule has 1 aliphatic rings. The summed E-state index contributed by atoms with van der Waals surface area (Å²) in [6.07, 6.45) is 1.15. The predicted molar refractivity (Wildman–Crippen MR) is 91.6 cm³/mol. The number of amides is 3. The lowest BCUT2D eigenvalue weighted by atomic mass is 9.90. The predicted octanol–water partition coefficient (Wildman–Crippen LogP) is 4.22. The van der Waals surface area contributed by atoms with Gasteiger partial charge in [0.1, 0.15) is 5.54 Å². The quantitative estimate of drug-likeness (QED) is 0.793. The highest BCUT2D eigenvalue weighted by atomic mass is 16.2. The summed E-state index contributed by atoms with van der Waals surface area (Å²) in [6, 6.07) is 18.3. The van der Waals surface area contributed by atoms with Crippen LogP contribution in [0.2, 0.25) is 0 Å². The Morgan fingerprint density at radius 2 is 1.26 bits per heavy atom. The zero-order valence-corrected chi connectivity index (χ0v) is 13.4. The van der Waals surface area contributed by atoms with Gasteiger partial charge in [-0.15, -0.1) is 0 Å². The van der Waals surface area contributed by atoms with Crippen molar-refractivity contribution in [2.45, 2.75) is 32.2 Å². The smallest absolute Gasteiger partial charge is 0.278 e. The molecule has 0 bridgehead atoms. The van der Waals surface area contributed by atoms with Gasteiger partial charge in [0.25, 0.3) is 5.91 Å². The van der Waals surface area contributed by atoms with Gasteiger partial charge in [0, 0.05) is 5.69 Å². The summed E-state index contributed by atoms with van der Waals surface area (Å²) in [4.78, 5) is 29.2. The SMILES string of the molecule is CCC1(CC)C(=O)N(c2ccccc2)C(=O)N1c1ccccc1. The van der Waals surface area contributed by atoms with Crippen molar-refractivity contribution >= 4 is 23.3 Å². The zero-order valence-electron chi connectivity index (χ0n) is 13.4. The Balaban J connectivity index is 2.15. The molecule has 1 fully saturated rings. The number of para-hydroxylation sites is 2. The highest BCUT2D eigenvalue weighted by molar-refractivity contribution is 6.30. The third-order valence-corrected chi connectivity index (χ3v) is 4.61. The number of carbonyl (C=O) groups excluding carboxylic acids is 2. The molecular weight excluding hydrogens is 288 g/mol. The van der Waals surface area contributed by atoms with Gasteiger partial charge in [0.05, 0.1) is 5.69 Å². The highest BCUT2D eigenvalue weighted by Gasteiger charge is 2.56. The van der Waals surface area contributed by atoms with E-state index in [-0.39, 0.29) is 11.9 Å². The second-order valence-corrected chi connectivity index (χ2v) is 5.67. The van der Waals surface area contributed by atoms with Gasteiger partial charge in [0.2, 0.25) is 0 Å². The lowest BCUT2D eigenvalue weighted by molar-refractivity contribution is -0.121. The largest absolute Gasteiger partial charge is 0.336 e. The zero-order chi connectivity index (χ0) is 16.4. The van der Waals surface area contributed by atoms with Gasteiger partial charge in [-0.1, -0.05) is 50.2 Å². The molecule has 23 heavy (non-hydrogen) atoms. The molecule has 0 radical (unpaired) electrons. The third kappa shape index (κ3) is 2.22. The molecule has 0 atom stereocenters. The number of benzene rings is 2. The van der Waals surface area contributed by atoms with Crippen molar-refractivity contribution in [2.24, 2.45) is 0 Å². The molecule has 3 amide bonds. The summed E-state index contributed by atoms with van der Waals surface area (Å²) in [5.74, 6) is -0.150. The number of imide groups is 1. The van der Waals surface area contributed by atoms with Gasteiger partial charge in [-0.25, -0.2) is 9.69 Å². The van der Waals surface area contributed by atoms with E-state index in [1.165, 1.54) is 4.90 Å². The van der Waals surface area contributed by atoms with E-state index in [0.717, 1.165) is 5.69 Å². The molecule has 0 N–H and O–H groups in total. The minimum Gasteiger partial charge on any atom is -0.278 e. The van der Waals surface area contributed by atoms with Gasteiger partial charge in [-0.05, 0) is 37.1 Å². The monoisotopic (exact) mass is 308 g/mol. The van der Waals surface area contributed by atoms with E-state index in [1.807, 2.05) is 62.4 Å². The molecule has 1 heterocycles. The second-order valence-electron chi connectivity index (χ2n) is 5.67. The van der Waals surface area contributed by atoms with Gasteiger partial charge in [0.15, 0.2) is 0 Å². The van der Waals surface area contributed by atoms with E-state index in [4.69, 9.17) is 0 Å². The molecule has 0 aromatic heterocycles. The third-order valence-electron chi connectivity index (χ3n) is 4.61. The van der Waals surface area contributed by atoms with E-state index in [0.29, 0.717) is 18.5 Å². The average Bonchev–Trinajstić information content (AvgIpc) is 2.83. The first-order valence-electron chi connectivity index (χ1n) is 7.94. The second kappa shape index (κ2) is 5.88. The Morgan fingerprint density at radius 1 is 0.783 bits per heavy atom. The van der Waals surface area contributed by atoms with Crippen LogP contribution in [0.25, 0.3) is 0 Å². The maximum Gasteiger partial charge on any atom is 0.336 e. The number of hydrogen-bond acceptors (Lipinski definition) is 2. The molecule has 0 spiro atoms. The number of hydrogen-bond donors (Lipinski definition) is 0. The summed E-state index contributed by atoms with van der Waals surface area (Å²) >= 11 is 0. The van der Waals surface area contributed by atoms with Crippen molar-refractivity contribution < 1.29 is 9.59 Å². The van der Waals surface area contributed by atoms with E-state index in [9.17, 15) is 9.59 Å². The van der Waals surface area contributed by atoms with E-state index in [2.05, 4.69) is 0 Å². The first-order chi connectivity index (χ1) is 11.2. The molecule has 0 saturated carbocycles. The Hall–Kier alpha value is -2.62. The molecular formula is C19H20N2O2. The van der Waals surface area contributed by atoms with Gasteiger partial charge in [-0.3, -0.25) is 9.69 Å². The Bertz CT molecular complexity index is 709. The molecule has 2 aromatic carbocycles. The molecule has 2 aromatic rings. The lowest BCUT2D eigenvalue weighted by Crippen LogP contribution is -2.49. The Kier molecular flexibility index (Phi) is 3.90. The van der Waals surface area contributed by atoms with Crippen molar-refractivity contribution in [1.29, 1.82) is 0 Å². The highest BCUT2D eigenvalue weighted by Crippen LogP contribution is 2.40. The summed E-state index contributed by atoms with van der Waals surface area (Å²) in [6.45, 7) is 3.91. The number of carbonyl (C=O) groups is 2. The molecule has 1 aliphatic heterocycles. The van der Waals surface area contributed by atoms with Crippen LogP contribution in [0.3, 0.4) is 0 Å². The van der Waals surface area contributed by atoms with Crippen LogP contribution < -0.4 is 9.80 Å². The van der Waals surface area contributed by atoms with Crippen LogP contribution in [-0.2, 0) is 4.79 Å². The minimum atomic E-state index is -0.825. The Morgan fingerprint density at radius 3 is 1.74 bits per heavy atom. The maximum atomic E-state index is 13.1. The van der Waals surface area contributed by atoms with E-state index in [1.54, 1.807) is 17.0 Å². The molecule has 4 nitrogen and oxygen atoms in total. The standard InChI is InChI=1S/C19H20N2O2/c1-3-19(4-2)17(22)20(15-11-7-5-8-12-15)18(23)21(19)16-13-9-6-10-14-16/h5-14H,3-4H2,1-2H3. The van der Waals surface area contributed by atoms with Crippen LogP contribution in [0.1, 0.15) is 26.7 Å². The van der Waals surface area contributed by atoms with Gasteiger partial charge in [-0.2, -0.15) is 0 Å². The number of anilines is 2. The topological polar surface area (TPSA) is 40.6 Å². The lowest BCUT2D eigenvalue weighted by Gasteiger charge is -2.33. The number of rotatable bonds is 4. The summed E-state index contributed by atoms with van der Waals surface area (Å²) in [5, 5.41) is 0. The fraction of sp³-hybridized carbons (Fsp3) is 0.263. The molecule has 0 aliphatic carbocycles. The van der Waals surface area contributed by atoms with Crippen molar-refractivity contribution in [3.63, 3.8) is 0 Å². The molecule has 0 unspecified atom stereocenters.